The highest BCUT2D eigenvalue weighted by molar-refractivity contribution is 6.38. The number of rotatable bonds is 5. The summed E-state index contributed by atoms with van der Waals surface area (Å²) in [5.41, 5.74) is 8.08. The third kappa shape index (κ3) is 5.35. The number of nitrogens with zero attached hydrogens (tertiary/aromatic N) is 3. The molecule has 0 bridgehead atoms. The molecule has 2 heterocycles. The molecule has 1 unspecified atom stereocenters. The van der Waals surface area contributed by atoms with Gasteiger partial charge >= 0.3 is 0 Å². The number of H-pyrrole nitrogens is 1. The predicted molar refractivity (Wildman–Crippen MR) is 117 cm³/mol. The van der Waals surface area contributed by atoms with Gasteiger partial charge in [-0.3, -0.25) is 15.1 Å². The standard InChI is InChI=1S/C21H31N7O/c1-3-8-27-9-11-28(12-10-27)21(23)26-19(22)20(29)25-15(2)13-16-14-24-18-7-5-4-6-17(16)18/h4-7,14-15,24H,3,8-13H2,1-2H3,(H,25,29)(H3,22,23,26). The van der Waals surface area contributed by atoms with Crippen molar-refractivity contribution in [3.05, 3.63) is 36.0 Å². The number of para-hydroxylation sites is 1. The lowest BCUT2D eigenvalue weighted by atomic mass is 10.1. The van der Waals surface area contributed by atoms with E-state index < -0.39 is 5.91 Å². The first-order valence-electron chi connectivity index (χ1n) is 10.2. The molecule has 1 atom stereocenters. The molecule has 8 heteroatoms. The molecule has 5 N–H and O–H groups in total. The highest BCUT2D eigenvalue weighted by atomic mass is 16.2. The summed E-state index contributed by atoms with van der Waals surface area (Å²) in [6.45, 7) is 8.44. The molecule has 2 aromatic rings. The van der Waals surface area contributed by atoms with E-state index in [1.807, 2.05) is 36.2 Å². The lowest BCUT2D eigenvalue weighted by molar-refractivity contribution is -0.115. The fourth-order valence-corrected chi connectivity index (χ4v) is 3.71. The number of nitrogens with two attached hydrogens (primary N) is 1. The van der Waals surface area contributed by atoms with E-state index in [-0.39, 0.29) is 17.8 Å². The van der Waals surface area contributed by atoms with Gasteiger partial charge in [-0.1, -0.05) is 25.1 Å². The molecule has 29 heavy (non-hydrogen) atoms. The summed E-state index contributed by atoms with van der Waals surface area (Å²) < 4.78 is 0. The zero-order chi connectivity index (χ0) is 20.8. The van der Waals surface area contributed by atoms with Crippen LogP contribution < -0.4 is 11.1 Å². The molecule has 0 radical (unpaired) electrons. The van der Waals surface area contributed by atoms with Crippen LogP contribution in [-0.2, 0) is 11.2 Å². The van der Waals surface area contributed by atoms with Gasteiger partial charge in [0.05, 0.1) is 0 Å². The number of piperazine rings is 1. The van der Waals surface area contributed by atoms with E-state index in [0.717, 1.165) is 55.6 Å². The van der Waals surface area contributed by atoms with Crippen molar-refractivity contribution in [2.75, 3.05) is 32.7 Å². The van der Waals surface area contributed by atoms with E-state index in [1.54, 1.807) is 0 Å². The monoisotopic (exact) mass is 397 g/mol. The van der Waals surface area contributed by atoms with Crippen molar-refractivity contribution in [2.24, 2.45) is 10.7 Å². The summed E-state index contributed by atoms with van der Waals surface area (Å²) in [5, 5.41) is 12.2. The van der Waals surface area contributed by atoms with Gasteiger partial charge < -0.3 is 20.9 Å². The Hall–Kier alpha value is -2.87. The number of aromatic nitrogens is 1. The predicted octanol–water partition coefficient (Wildman–Crippen LogP) is 1.53. The average molecular weight is 398 g/mol. The maximum Gasteiger partial charge on any atom is 0.286 e. The molecule has 3 rings (SSSR count). The SMILES string of the molecule is CCCN1CCN(C(=N)/N=C(\N)C(=O)NC(C)Cc2c[nH]c3ccccc23)CC1. The van der Waals surface area contributed by atoms with Gasteiger partial charge in [-0.05, 0) is 37.9 Å². The van der Waals surface area contributed by atoms with Crippen LogP contribution in [-0.4, -0.2) is 71.3 Å². The third-order valence-electron chi connectivity index (χ3n) is 5.25. The molecular formula is C21H31N7O. The number of carbonyl (C=O) groups excluding carboxylic acids is 1. The molecule has 1 saturated heterocycles. The Morgan fingerprint density at radius 3 is 2.76 bits per heavy atom. The lowest BCUT2D eigenvalue weighted by Gasteiger charge is -2.34. The molecule has 1 aromatic heterocycles. The Bertz CT molecular complexity index is 880. The highest BCUT2D eigenvalue weighted by Crippen LogP contribution is 2.18. The van der Waals surface area contributed by atoms with Gasteiger partial charge in [-0.25, -0.2) is 0 Å². The number of carbonyl (C=O) groups is 1. The van der Waals surface area contributed by atoms with Crippen LogP contribution >= 0.6 is 0 Å². The van der Waals surface area contributed by atoms with Crippen LogP contribution in [0.25, 0.3) is 10.9 Å². The molecule has 1 aromatic carbocycles. The Morgan fingerprint density at radius 1 is 1.31 bits per heavy atom. The second-order valence-electron chi connectivity index (χ2n) is 7.59. The molecule has 0 spiro atoms. The Kier molecular flexibility index (Phi) is 6.87. The summed E-state index contributed by atoms with van der Waals surface area (Å²) in [4.78, 5) is 23.9. The minimum absolute atomic E-state index is 0.0538. The first kappa shape index (κ1) is 20.9. The van der Waals surface area contributed by atoms with Gasteiger partial charge in [0.25, 0.3) is 5.91 Å². The number of amidine groups is 1. The van der Waals surface area contributed by atoms with Crippen LogP contribution in [0.1, 0.15) is 25.8 Å². The molecule has 1 aliphatic rings. The first-order valence-corrected chi connectivity index (χ1v) is 10.2. The fraction of sp³-hybridized carbons (Fsp3) is 0.476. The smallest absolute Gasteiger partial charge is 0.286 e. The number of amides is 1. The van der Waals surface area contributed by atoms with Crippen molar-refractivity contribution in [1.29, 1.82) is 5.41 Å². The first-order chi connectivity index (χ1) is 14.0. The number of guanidine groups is 1. The highest BCUT2D eigenvalue weighted by Gasteiger charge is 2.20. The quantitative estimate of drug-likeness (QED) is 0.453. The molecule has 1 fully saturated rings. The molecule has 8 nitrogen and oxygen atoms in total. The van der Waals surface area contributed by atoms with E-state index in [1.165, 1.54) is 0 Å². The van der Waals surface area contributed by atoms with Crippen molar-refractivity contribution in [3.8, 4) is 0 Å². The zero-order valence-corrected chi connectivity index (χ0v) is 17.2. The topological polar surface area (TPSA) is 114 Å². The summed E-state index contributed by atoms with van der Waals surface area (Å²) in [7, 11) is 0. The van der Waals surface area contributed by atoms with Crippen molar-refractivity contribution >= 4 is 28.6 Å². The van der Waals surface area contributed by atoms with Crippen molar-refractivity contribution in [2.45, 2.75) is 32.7 Å². The summed E-state index contributed by atoms with van der Waals surface area (Å²) >= 11 is 0. The molecule has 0 aliphatic carbocycles. The minimum Gasteiger partial charge on any atom is -0.379 e. The number of hydrogen-bond acceptors (Lipinski definition) is 3. The van der Waals surface area contributed by atoms with Crippen LogP contribution in [0.3, 0.4) is 0 Å². The maximum atomic E-state index is 12.4. The van der Waals surface area contributed by atoms with E-state index in [9.17, 15) is 4.79 Å². The molecule has 1 aliphatic heterocycles. The number of hydrogen-bond donors (Lipinski definition) is 4. The van der Waals surface area contributed by atoms with Crippen LogP contribution in [0.2, 0.25) is 0 Å². The Balaban J connectivity index is 1.52. The van der Waals surface area contributed by atoms with Crippen LogP contribution in [0.4, 0.5) is 0 Å². The van der Waals surface area contributed by atoms with Gasteiger partial charge in [-0.15, -0.1) is 0 Å². The molecular weight excluding hydrogens is 366 g/mol. The van der Waals surface area contributed by atoms with Crippen LogP contribution in [0.5, 0.6) is 0 Å². The van der Waals surface area contributed by atoms with E-state index in [0.29, 0.717) is 6.42 Å². The van der Waals surface area contributed by atoms with Gasteiger partial charge in [0.15, 0.2) is 5.84 Å². The zero-order valence-electron chi connectivity index (χ0n) is 17.2. The molecule has 0 saturated carbocycles. The lowest BCUT2D eigenvalue weighted by Crippen LogP contribution is -2.49. The number of benzene rings is 1. The third-order valence-corrected chi connectivity index (χ3v) is 5.25. The summed E-state index contributed by atoms with van der Waals surface area (Å²) in [5.74, 6) is -0.554. The largest absolute Gasteiger partial charge is 0.379 e. The normalized spacial score (nSPS) is 16.8. The number of fused-ring (bicyclic) bond motifs is 1. The van der Waals surface area contributed by atoms with Crippen LogP contribution in [0.15, 0.2) is 35.5 Å². The maximum absolute atomic E-state index is 12.4. The summed E-state index contributed by atoms with van der Waals surface area (Å²) in [6.07, 6.45) is 3.78. The summed E-state index contributed by atoms with van der Waals surface area (Å²) in [6, 6.07) is 7.97. The minimum atomic E-state index is -0.438. The number of aliphatic imine (C=N–C) groups is 1. The van der Waals surface area contributed by atoms with Crippen molar-refractivity contribution in [3.63, 3.8) is 0 Å². The van der Waals surface area contributed by atoms with Gasteiger partial charge in [0.1, 0.15) is 0 Å². The van der Waals surface area contributed by atoms with E-state index in [2.05, 4.69) is 33.2 Å². The van der Waals surface area contributed by atoms with Gasteiger partial charge in [-0.2, -0.15) is 4.99 Å². The Labute approximate surface area is 171 Å². The van der Waals surface area contributed by atoms with Crippen molar-refractivity contribution in [1.82, 2.24) is 20.1 Å². The molecule has 156 valence electrons. The molecule has 1 amide bonds. The van der Waals surface area contributed by atoms with Crippen LogP contribution in [0, 0.1) is 5.41 Å². The van der Waals surface area contributed by atoms with Gasteiger partial charge in [0, 0.05) is 49.3 Å². The second kappa shape index (κ2) is 9.56. The Morgan fingerprint density at radius 2 is 2.03 bits per heavy atom. The number of nitrogens with one attached hydrogen (secondary N) is 3. The number of aromatic amines is 1. The second-order valence-corrected chi connectivity index (χ2v) is 7.59. The van der Waals surface area contributed by atoms with Gasteiger partial charge in [0.2, 0.25) is 5.96 Å². The van der Waals surface area contributed by atoms with E-state index in [4.69, 9.17) is 11.1 Å². The van der Waals surface area contributed by atoms with Crippen molar-refractivity contribution < 1.29 is 4.79 Å². The van der Waals surface area contributed by atoms with E-state index >= 15 is 0 Å². The average Bonchev–Trinajstić information content (AvgIpc) is 3.11. The fourth-order valence-electron chi connectivity index (χ4n) is 3.71.